The Balaban J connectivity index is 2.30. The van der Waals surface area contributed by atoms with Crippen molar-refractivity contribution < 1.29 is 0 Å². The molecule has 0 saturated carbocycles. The zero-order chi connectivity index (χ0) is 9.26. The highest BCUT2D eigenvalue weighted by atomic mass is 14.9. The van der Waals surface area contributed by atoms with Gasteiger partial charge in [0.05, 0.1) is 0 Å². The van der Waals surface area contributed by atoms with E-state index in [2.05, 4.69) is 37.4 Å². The molecule has 1 aliphatic rings. The molecule has 1 atom stereocenters. The second kappa shape index (κ2) is 3.41. The van der Waals surface area contributed by atoms with Gasteiger partial charge in [-0.15, -0.1) is 0 Å². The van der Waals surface area contributed by atoms with Crippen LogP contribution in [0, 0.1) is 12.8 Å². The van der Waals surface area contributed by atoms with Crippen LogP contribution < -0.4 is 5.32 Å². The van der Waals surface area contributed by atoms with Gasteiger partial charge in [0.15, 0.2) is 0 Å². The first-order chi connectivity index (χ1) is 6.25. The van der Waals surface area contributed by atoms with Crippen molar-refractivity contribution in [3.8, 4) is 0 Å². The van der Waals surface area contributed by atoms with Gasteiger partial charge in [0.1, 0.15) is 0 Å². The Morgan fingerprint density at radius 1 is 1.38 bits per heavy atom. The minimum atomic E-state index is 0.799. The summed E-state index contributed by atoms with van der Waals surface area (Å²) in [4.78, 5) is 0. The maximum absolute atomic E-state index is 3.50. The molecule has 0 spiro atoms. The predicted octanol–water partition coefficient (Wildman–Crippen LogP) is 2.99. The van der Waals surface area contributed by atoms with Gasteiger partial charge >= 0.3 is 0 Å². The summed E-state index contributed by atoms with van der Waals surface area (Å²) in [6.45, 7) is 5.59. The molecule has 1 nitrogen and oxygen atoms in total. The van der Waals surface area contributed by atoms with Crippen molar-refractivity contribution in [1.82, 2.24) is 0 Å². The van der Waals surface area contributed by atoms with Gasteiger partial charge in [-0.1, -0.05) is 24.6 Å². The highest BCUT2D eigenvalue weighted by Crippen LogP contribution is 2.24. The molecule has 2 rings (SSSR count). The molecule has 1 heterocycles. The number of aryl methyl sites for hydroxylation is 2. The molecule has 0 amide bonds. The summed E-state index contributed by atoms with van der Waals surface area (Å²) in [7, 11) is 0. The van der Waals surface area contributed by atoms with Gasteiger partial charge in [0.25, 0.3) is 0 Å². The fourth-order valence-electron chi connectivity index (χ4n) is 1.89. The quantitative estimate of drug-likeness (QED) is 0.639. The third kappa shape index (κ3) is 1.85. The fraction of sp³-hybridized carbons (Fsp3) is 0.500. The highest BCUT2D eigenvalue weighted by Gasteiger charge is 2.11. The lowest BCUT2D eigenvalue weighted by Crippen LogP contribution is -2.08. The van der Waals surface area contributed by atoms with E-state index in [1.54, 1.807) is 0 Å². The molecule has 70 valence electrons. The first-order valence-electron chi connectivity index (χ1n) is 5.09. The van der Waals surface area contributed by atoms with Gasteiger partial charge in [0.2, 0.25) is 0 Å². The number of benzene rings is 1. The summed E-state index contributed by atoms with van der Waals surface area (Å²) in [5.41, 5.74) is 4.20. The second-order valence-corrected chi connectivity index (χ2v) is 4.19. The molecule has 0 radical (unpaired) electrons. The maximum Gasteiger partial charge on any atom is 0.0372 e. The smallest absolute Gasteiger partial charge is 0.0372 e. The van der Waals surface area contributed by atoms with Crippen molar-refractivity contribution in [1.29, 1.82) is 0 Å². The molecular weight excluding hydrogens is 158 g/mol. The zero-order valence-corrected chi connectivity index (χ0v) is 8.43. The largest absolute Gasteiger partial charge is 0.385 e. The summed E-state index contributed by atoms with van der Waals surface area (Å²) in [5.74, 6) is 0.799. The van der Waals surface area contributed by atoms with Crippen LogP contribution in [0.25, 0.3) is 0 Å². The van der Waals surface area contributed by atoms with Crippen LogP contribution in [0.4, 0.5) is 5.69 Å². The Kier molecular flexibility index (Phi) is 2.26. The fourth-order valence-corrected chi connectivity index (χ4v) is 1.89. The van der Waals surface area contributed by atoms with E-state index in [1.165, 1.54) is 29.7 Å². The van der Waals surface area contributed by atoms with Gasteiger partial charge in [-0.3, -0.25) is 0 Å². The van der Waals surface area contributed by atoms with E-state index in [9.17, 15) is 0 Å². The Morgan fingerprint density at radius 2 is 2.23 bits per heavy atom. The third-order valence-electron chi connectivity index (χ3n) is 2.81. The first-order valence-corrected chi connectivity index (χ1v) is 5.09. The highest BCUT2D eigenvalue weighted by molar-refractivity contribution is 5.53. The molecule has 0 aromatic heterocycles. The number of rotatable bonds is 0. The molecule has 13 heavy (non-hydrogen) atoms. The van der Waals surface area contributed by atoms with Crippen molar-refractivity contribution in [2.45, 2.75) is 26.7 Å². The van der Waals surface area contributed by atoms with Crippen molar-refractivity contribution in [3.63, 3.8) is 0 Å². The summed E-state index contributed by atoms with van der Waals surface area (Å²) in [5, 5.41) is 3.50. The SMILES string of the molecule is Cc1ccc2c(c1)CCC(C)CN2. The predicted molar refractivity (Wildman–Crippen MR) is 57.2 cm³/mol. The van der Waals surface area contributed by atoms with Crippen molar-refractivity contribution >= 4 is 5.69 Å². The number of anilines is 1. The van der Waals surface area contributed by atoms with Gasteiger partial charge < -0.3 is 5.32 Å². The number of nitrogens with one attached hydrogen (secondary N) is 1. The van der Waals surface area contributed by atoms with Gasteiger partial charge in [-0.25, -0.2) is 0 Å². The van der Waals surface area contributed by atoms with Crippen molar-refractivity contribution in [2.75, 3.05) is 11.9 Å². The van der Waals surface area contributed by atoms with E-state index in [-0.39, 0.29) is 0 Å². The molecule has 0 saturated heterocycles. The molecule has 1 unspecified atom stereocenters. The standard InChI is InChI=1S/C12H17N/c1-9-4-6-12-11(7-9)5-3-10(2)8-13-12/h4,6-7,10,13H,3,5,8H2,1-2H3. The van der Waals surface area contributed by atoms with Gasteiger partial charge in [-0.05, 0) is 37.3 Å². The van der Waals surface area contributed by atoms with Crippen LogP contribution in [0.1, 0.15) is 24.5 Å². The summed E-state index contributed by atoms with van der Waals surface area (Å²) >= 11 is 0. The normalized spacial score (nSPS) is 21.5. The van der Waals surface area contributed by atoms with Crippen molar-refractivity contribution in [2.24, 2.45) is 5.92 Å². The minimum Gasteiger partial charge on any atom is -0.385 e. The van der Waals surface area contributed by atoms with Crippen LogP contribution in [0.3, 0.4) is 0 Å². The average molecular weight is 175 g/mol. The van der Waals surface area contributed by atoms with Crippen LogP contribution in [-0.2, 0) is 6.42 Å². The van der Waals surface area contributed by atoms with E-state index in [4.69, 9.17) is 0 Å². The van der Waals surface area contributed by atoms with Crippen LogP contribution in [0.15, 0.2) is 18.2 Å². The number of fused-ring (bicyclic) bond motifs is 1. The molecule has 0 bridgehead atoms. The lowest BCUT2D eigenvalue weighted by Gasteiger charge is -2.08. The topological polar surface area (TPSA) is 12.0 Å². The van der Waals surface area contributed by atoms with Gasteiger partial charge in [-0.2, -0.15) is 0 Å². The lowest BCUT2D eigenvalue weighted by atomic mass is 10.0. The zero-order valence-electron chi connectivity index (χ0n) is 8.43. The van der Waals surface area contributed by atoms with E-state index >= 15 is 0 Å². The van der Waals surface area contributed by atoms with Crippen LogP contribution >= 0.6 is 0 Å². The van der Waals surface area contributed by atoms with Gasteiger partial charge in [0, 0.05) is 12.2 Å². The van der Waals surface area contributed by atoms with E-state index < -0.39 is 0 Å². The Labute approximate surface area is 80.2 Å². The van der Waals surface area contributed by atoms with Crippen LogP contribution in [-0.4, -0.2) is 6.54 Å². The number of hydrogen-bond donors (Lipinski definition) is 1. The number of hydrogen-bond acceptors (Lipinski definition) is 1. The molecule has 1 aliphatic heterocycles. The molecule has 1 N–H and O–H groups in total. The Morgan fingerprint density at radius 3 is 3.08 bits per heavy atom. The third-order valence-corrected chi connectivity index (χ3v) is 2.81. The summed E-state index contributed by atoms with van der Waals surface area (Å²) in [6, 6.07) is 6.70. The first kappa shape index (κ1) is 8.61. The molecule has 1 aromatic rings. The summed E-state index contributed by atoms with van der Waals surface area (Å²) in [6.07, 6.45) is 2.54. The van der Waals surface area contributed by atoms with E-state index in [0.29, 0.717) is 0 Å². The molecule has 0 fully saturated rings. The van der Waals surface area contributed by atoms with Crippen LogP contribution in [0.2, 0.25) is 0 Å². The van der Waals surface area contributed by atoms with E-state index in [0.717, 1.165) is 12.5 Å². The maximum atomic E-state index is 3.50. The molecular formula is C12H17N. The summed E-state index contributed by atoms with van der Waals surface area (Å²) < 4.78 is 0. The van der Waals surface area contributed by atoms with E-state index in [1.807, 2.05) is 0 Å². The van der Waals surface area contributed by atoms with Crippen molar-refractivity contribution in [3.05, 3.63) is 29.3 Å². The van der Waals surface area contributed by atoms with Crippen LogP contribution in [0.5, 0.6) is 0 Å². The Bertz CT molecular complexity index is 304. The minimum absolute atomic E-state index is 0.799. The molecule has 1 heteroatoms. The second-order valence-electron chi connectivity index (χ2n) is 4.19. The Hall–Kier alpha value is -0.980. The monoisotopic (exact) mass is 175 g/mol. The lowest BCUT2D eigenvalue weighted by molar-refractivity contribution is 0.571. The molecule has 0 aliphatic carbocycles. The molecule has 1 aromatic carbocycles. The average Bonchev–Trinajstić information content (AvgIpc) is 2.29.